The molecule has 2 atom stereocenters. The zero-order chi connectivity index (χ0) is 13.1. The van der Waals surface area contributed by atoms with Crippen molar-refractivity contribution in [3.8, 4) is 11.6 Å². The molecule has 2 heterocycles. The first-order chi connectivity index (χ1) is 9.16. The maximum atomic E-state index is 12.5. The van der Waals surface area contributed by atoms with E-state index in [1.165, 1.54) is 4.57 Å². The minimum absolute atomic E-state index is 0.0316. The Balaban J connectivity index is 2.00. The second-order valence-corrected chi connectivity index (χ2v) is 5.41. The largest absolute Gasteiger partial charge is 0.493 e. The summed E-state index contributed by atoms with van der Waals surface area (Å²) in [5.74, 6) is 0.183. The van der Waals surface area contributed by atoms with Gasteiger partial charge in [0.15, 0.2) is 0 Å². The molecule has 2 aliphatic rings. The van der Waals surface area contributed by atoms with Gasteiger partial charge in [0.2, 0.25) is 5.88 Å². The third kappa shape index (κ3) is 1.32. The van der Waals surface area contributed by atoms with Gasteiger partial charge in [0, 0.05) is 10.9 Å². The average Bonchev–Trinajstić information content (AvgIpc) is 3.04. The monoisotopic (exact) mass is 274 g/mol. The zero-order valence-electron chi connectivity index (χ0n) is 9.95. The summed E-state index contributed by atoms with van der Waals surface area (Å²) < 4.78 is 3.01. The van der Waals surface area contributed by atoms with E-state index < -0.39 is 0 Å². The lowest BCUT2D eigenvalue weighted by atomic mass is 10.1. The lowest BCUT2D eigenvalue weighted by Crippen LogP contribution is -2.24. The molecule has 5 heteroatoms. The molecule has 1 aromatic heterocycles. The van der Waals surface area contributed by atoms with Gasteiger partial charge in [-0.25, -0.2) is 9.36 Å². The quantitative estimate of drug-likeness (QED) is 0.813. The van der Waals surface area contributed by atoms with E-state index in [4.69, 9.17) is 11.6 Å². The van der Waals surface area contributed by atoms with Crippen molar-refractivity contribution in [2.75, 3.05) is 0 Å². The van der Waals surface area contributed by atoms with Crippen LogP contribution < -0.4 is 5.69 Å². The molecule has 1 aliphatic carbocycles. The summed E-state index contributed by atoms with van der Waals surface area (Å²) in [4.78, 5) is 12.5. The molecule has 1 aromatic carbocycles. The van der Waals surface area contributed by atoms with Crippen molar-refractivity contribution in [3.63, 3.8) is 0 Å². The maximum absolute atomic E-state index is 12.5. The summed E-state index contributed by atoms with van der Waals surface area (Å²) >= 11 is 5.95. The Hall–Kier alpha value is -1.94. The molecule has 0 saturated carbocycles. The first kappa shape index (κ1) is 10.9. The van der Waals surface area contributed by atoms with E-state index >= 15 is 0 Å². The molecular weight excluding hydrogens is 264 g/mol. The summed E-state index contributed by atoms with van der Waals surface area (Å²) in [7, 11) is 0. The minimum Gasteiger partial charge on any atom is -0.493 e. The minimum atomic E-state index is -0.202. The van der Waals surface area contributed by atoms with Crippen molar-refractivity contribution < 1.29 is 5.11 Å². The van der Waals surface area contributed by atoms with Gasteiger partial charge in [-0.3, -0.25) is 4.57 Å². The molecule has 19 heavy (non-hydrogen) atoms. The van der Waals surface area contributed by atoms with Crippen LogP contribution in [0, 0.1) is 0 Å². The highest BCUT2D eigenvalue weighted by Crippen LogP contribution is 2.46. The first-order valence-electron chi connectivity index (χ1n) is 6.17. The molecule has 1 aliphatic heterocycles. The molecule has 0 radical (unpaired) electrons. The number of aromatic hydroxyl groups is 1. The smallest absolute Gasteiger partial charge is 0.336 e. The Morgan fingerprint density at radius 1 is 1.32 bits per heavy atom. The summed E-state index contributed by atoms with van der Waals surface area (Å²) in [6, 6.07) is 7.02. The fraction of sp³-hybridized carbons (Fsp3) is 0.214. The average molecular weight is 275 g/mol. The van der Waals surface area contributed by atoms with Gasteiger partial charge in [-0.15, -0.1) is 0 Å². The van der Waals surface area contributed by atoms with Gasteiger partial charge in [-0.1, -0.05) is 29.8 Å². The number of hydrogen-bond donors (Lipinski definition) is 1. The topological polar surface area (TPSA) is 47.2 Å². The van der Waals surface area contributed by atoms with E-state index in [1.54, 1.807) is 28.8 Å². The lowest BCUT2D eigenvalue weighted by molar-refractivity contribution is 0.433. The second kappa shape index (κ2) is 3.54. The van der Waals surface area contributed by atoms with Crippen molar-refractivity contribution >= 4 is 11.6 Å². The van der Waals surface area contributed by atoms with E-state index in [-0.39, 0.29) is 23.5 Å². The van der Waals surface area contributed by atoms with Gasteiger partial charge < -0.3 is 5.11 Å². The molecule has 2 bridgehead atoms. The number of imidazole rings is 1. The highest BCUT2D eigenvalue weighted by molar-refractivity contribution is 6.30. The molecule has 0 amide bonds. The summed E-state index contributed by atoms with van der Waals surface area (Å²) in [5, 5.41) is 10.9. The molecule has 0 unspecified atom stereocenters. The normalized spacial score (nSPS) is 23.0. The molecule has 4 nitrogen and oxygen atoms in total. The number of nitrogens with zero attached hydrogens (tertiary/aromatic N) is 2. The van der Waals surface area contributed by atoms with Crippen LogP contribution in [0.2, 0.25) is 5.02 Å². The fourth-order valence-corrected chi connectivity index (χ4v) is 3.30. The van der Waals surface area contributed by atoms with Crippen molar-refractivity contribution in [2.24, 2.45) is 0 Å². The highest BCUT2D eigenvalue weighted by atomic mass is 35.5. The number of halogens is 1. The van der Waals surface area contributed by atoms with Crippen LogP contribution in [-0.4, -0.2) is 14.2 Å². The van der Waals surface area contributed by atoms with Crippen LogP contribution in [-0.2, 0) is 0 Å². The van der Waals surface area contributed by atoms with Gasteiger partial charge >= 0.3 is 5.69 Å². The third-order valence-corrected chi connectivity index (χ3v) is 4.14. The third-order valence-electron chi connectivity index (χ3n) is 3.91. The first-order valence-corrected chi connectivity index (χ1v) is 6.55. The van der Waals surface area contributed by atoms with Gasteiger partial charge in [0.05, 0.1) is 17.4 Å². The molecular formula is C14H11ClN2O2. The van der Waals surface area contributed by atoms with Crippen LogP contribution in [0.3, 0.4) is 0 Å². The fourth-order valence-electron chi connectivity index (χ4n) is 3.11. The number of rotatable bonds is 1. The standard InChI is InChI=1S/C14H11ClN2O2/c15-9-2-1-3-10(7-9)17-13(18)12-8-4-5-11(6-8)16(12)14(17)19/h1-5,7-8,11,18H,6H2/t8-,11+/m1/s1. The number of benzene rings is 1. The summed E-state index contributed by atoms with van der Waals surface area (Å²) in [5.41, 5.74) is 1.11. The maximum Gasteiger partial charge on any atom is 0.336 e. The molecule has 96 valence electrons. The Kier molecular flexibility index (Phi) is 2.04. The van der Waals surface area contributed by atoms with E-state index in [2.05, 4.69) is 6.08 Å². The van der Waals surface area contributed by atoms with Gasteiger partial charge in [0.25, 0.3) is 0 Å². The van der Waals surface area contributed by atoms with Gasteiger partial charge in [-0.2, -0.15) is 0 Å². The van der Waals surface area contributed by atoms with Gasteiger partial charge in [0.1, 0.15) is 0 Å². The SMILES string of the molecule is O=c1n(-c2cccc(Cl)c2)c(O)c2n1[C@H]1C=C[C@@H]2C1. The Bertz CT molecular complexity index is 772. The van der Waals surface area contributed by atoms with Crippen LogP contribution in [0.15, 0.2) is 41.2 Å². The van der Waals surface area contributed by atoms with Crippen LogP contribution in [0.25, 0.3) is 5.69 Å². The Labute approximate surface area is 114 Å². The molecule has 0 spiro atoms. The van der Waals surface area contributed by atoms with E-state index in [9.17, 15) is 9.90 Å². The number of aromatic nitrogens is 2. The predicted octanol–water partition coefficient (Wildman–Crippen LogP) is 2.60. The molecule has 2 aromatic rings. The predicted molar refractivity (Wildman–Crippen MR) is 72.2 cm³/mol. The van der Waals surface area contributed by atoms with Crippen LogP contribution in [0.1, 0.15) is 24.1 Å². The van der Waals surface area contributed by atoms with Crippen molar-refractivity contribution in [2.45, 2.75) is 18.4 Å². The number of allylic oxidation sites excluding steroid dienone is 2. The van der Waals surface area contributed by atoms with E-state index in [0.29, 0.717) is 10.7 Å². The van der Waals surface area contributed by atoms with Crippen LogP contribution >= 0.6 is 11.6 Å². The molecule has 0 saturated heterocycles. The second-order valence-electron chi connectivity index (χ2n) is 4.97. The summed E-state index contributed by atoms with van der Waals surface area (Å²) in [6.45, 7) is 0. The van der Waals surface area contributed by atoms with E-state index in [0.717, 1.165) is 12.1 Å². The van der Waals surface area contributed by atoms with Crippen LogP contribution in [0.4, 0.5) is 0 Å². The molecule has 1 N–H and O–H groups in total. The lowest BCUT2D eigenvalue weighted by Gasteiger charge is -2.05. The number of hydrogen-bond acceptors (Lipinski definition) is 2. The highest BCUT2D eigenvalue weighted by Gasteiger charge is 2.39. The van der Waals surface area contributed by atoms with Crippen LogP contribution in [0.5, 0.6) is 5.88 Å². The van der Waals surface area contributed by atoms with Crippen molar-refractivity contribution in [1.82, 2.24) is 9.13 Å². The van der Waals surface area contributed by atoms with Crippen molar-refractivity contribution in [3.05, 3.63) is 57.6 Å². The molecule has 4 rings (SSSR count). The Morgan fingerprint density at radius 3 is 2.89 bits per heavy atom. The van der Waals surface area contributed by atoms with Crippen molar-refractivity contribution in [1.29, 1.82) is 0 Å². The van der Waals surface area contributed by atoms with Gasteiger partial charge in [-0.05, 0) is 24.6 Å². The van der Waals surface area contributed by atoms with E-state index in [1.807, 2.05) is 6.08 Å². The number of fused-ring (bicyclic) bond motifs is 5. The summed E-state index contributed by atoms with van der Waals surface area (Å²) in [6.07, 6.45) is 4.97. The zero-order valence-corrected chi connectivity index (χ0v) is 10.7. The Morgan fingerprint density at radius 2 is 2.16 bits per heavy atom. The molecule has 0 fully saturated rings.